The van der Waals surface area contributed by atoms with Gasteiger partial charge in [0.2, 0.25) is 5.91 Å². The van der Waals surface area contributed by atoms with Gasteiger partial charge < -0.3 is 45.1 Å². The Labute approximate surface area is 493 Å². The van der Waals surface area contributed by atoms with E-state index in [0.717, 1.165) is 103 Å². The van der Waals surface area contributed by atoms with E-state index in [2.05, 4.69) is 86.8 Å². The van der Waals surface area contributed by atoms with E-state index in [1.807, 2.05) is 66.8 Å². The number of amides is 1. The molecule has 8 atom stereocenters. The number of nitrogens with one attached hydrogen (secondary N) is 1. The third-order valence-electron chi connectivity index (χ3n) is 14.2. The fourth-order valence-corrected chi connectivity index (χ4v) is 9.14. The summed E-state index contributed by atoms with van der Waals surface area (Å²) in [5.41, 5.74) is 0. The monoisotopic (exact) mass is 1130 g/mol. The molecule has 6 N–H and O–H groups in total. The molecule has 11 heteroatoms. The summed E-state index contributed by atoms with van der Waals surface area (Å²) < 4.78 is 17.6. The summed E-state index contributed by atoms with van der Waals surface area (Å²) in [6.07, 6.45) is 69.1. The van der Waals surface area contributed by atoms with E-state index in [4.69, 9.17) is 14.2 Å². The third kappa shape index (κ3) is 44.1. The van der Waals surface area contributed by atoms with E-state index in [0.29, 0.717) is 12.8 Å². The predicted octanol–water partition coefficient (Wildman–Crippen LogP) is 15.6. The molecule has 1 aliphatic rings. The zero-order valence-electron chi connectivity index (χ0n) is 50.8. The van der Waals surface area contributed by atoms with Gasteiger partial charge in [0.1, 0.15) is 24.4 Å². The lowest BCUT2D eigenvalue weighted by molar-refractivity contribution is -0.305. The highest BCUT2D eigenvalue weighted by Crippen LogP contribution is 2.26. The number of hydrogen-bond donors (Lipinski definition) is 6. The van der Waals surface area contributed by atoms with Gasteiger partial charge in [-0.15, -0.1) is 0 Å². The van der Waals surface area contributed by atoms with Gasteiger partial charge in [-0.05, 0) is 89.9 Å². The van der Waals surface area contributed by atoms with Crippen LogP contribution in [0.4, 0.5) is 0 Å². The number of aliphatic hydroxyl groups excluding tert-OH is 5. The Morgan fingerprint density at radius 3 is 1.47 bits per heavy atom. The highest BCUT2D eigenvalue weighted by Gasteiger charge is 2.47. The van der Waals surface area contributed by atoms with Crippen molar-refractivity contribution in [3.63, 3.8) is 0 Å². The van der Waals surface area contributed by atoms with E-state index < -0.39 is 67.4 Å². The van der Waals surface area contributed by atoms with Gasteiger partial charge in [-0.1, -0.05) is 270 Å². The normalized spacial score (nSPS) is 19.6. The van der Waals surface area contributed by atoms with Gasteiger partial charge in [0.15, 0.2) is 12.4 Å². The molecule has 1 amide bonds. The molecule has 1 fully saturated rings. The first-order valence-electron chi connectivity index (χ1n) is 32.0. The lowest BCUT2D eigenvalue weighted by Gasteiger charge is -2.41. The van der Waals surface area contributed by atoms with Gasteiger partial charge in [-0.3, -0.25) is 9.59 Å². The van der Waals surface area contributed by atoms with E-state index in [-0.39, 0.29) is 19.4 Å². The molecule has 0 aromatic rings. The number of unbranched alkanes of at least 4 members (excludes halogenated alkanes) is 23. The predicted molar refractivity (Wildman–Crippen MR) is 337 cm³/mol. The molecular formula is C70H115NO10. The van der Waals surface area contributed by atoms with Crippen LogP contribution >= 0.6 is 0 Å². The van der Waals surface area contributed by atoms with Crippen LogP contribution in [-0.4, -0.2) is 99.6 Å². The molecule has 11 nitrogen and oxygen atoms in total. The first kappa shape index (κ1) is 74.8. The number of aliphatic hydroxyl groups is 5. The van der Waals surface area contributed by atoms with Crippen molar-refractivity contribution in [1.29, 1.82) is 0 Å². The molecule has 1 aliphatic heterocycles. The third-order valence-corrected chi connectivity index (χ3v) is 14.2. The second-order valence-corrected chi connectivity index (χ2v) is 21.6. The quantitative estimate of drug-likeness (QED) is 0.0149. The Balaban J connectivity index is 2.66. The van der Waals surface area contributed by atoms with Gasteiger partial charge in [0.25, 0.3) is 0 Å². The first-order valence-corrected chi connectivity index (χ1v) is 32.0. The number of allylic oxidation sites excluding steroid dienone is 21. The van der Waals surface area contributed by atoms with Crippen molar-refractivity contribution in [1.82, 2.24) is 5.32 Å². The smallest absolute Gasteiger partial charge is 0.306 e. The molecule has 81 heavy (non-hydrogen) atoms. The number of hydrogen-bond acceptors (Lipinski definition) is 10. The summed E-state index contributed by atoms with van der Waals surface area (Å²) in [5.74, 6) is -1.26. The fourth-order valence-electron chi connectivity index (χ4n) is 9.14. The largest absolute Gasteiger partial charge is 0.454 e. The number of carbonyl (C=O) groups is 2. The van der Waals surface area contributed by atoms with E-state index in [1.54, 1.807) is 6.08 Å². The molecule has 0 aromatic carbocycles. The molecule has 0 saturated carbocycles. The average molecular weight is 1130 g/mol. The maximum atomic E-state index is 13.4. The van der Waals surface area contributed by atoms with Gasteiger partial charge >= 0.3 is 5.97 Å². The Kier molecular flexibility index (Phi) is 52.0. The Bertz CT molecular complexity index is 1830. The van der Waals surface area contributed by atoms with Crippen LogP contribution in [0.5, 0.6) is 0 Å². The molecule has 460 valence electrons. The molecule has 0 radical (unpaired) electrons. The molecule has 0 aromatic heterocycles. The van der Waals surface area contributed by atoms with Gasteiger partial charge in [0.05, 0.1) is 25.4 Å². The Morgan fingerprint density at radius 1 is 0.506 bits per heavy atom. The van der Waals surface area contributed by atoms with Crippen LogP contribution in [0.1, 0.15) is 233 Å². The number of rotatable bonds is 52. The Morgan fingerprint density at radius 2 is 0.938 bits per heavy atom. The summed E-state index contributed by atoms with van der Waals surface area (Å²) in [5, 5.41) is 57.0. The molecular weight excluding hydrogens is 1010 g/mol. The standard InChI is InChI=1S/C70H115NO10/c1-4-7-10-13-16-19-22-24-26-28-29-30-31-32-33-34-36-37-39-42-45-48-51-54-57-63(74)69(78)71-61(62(73)56-53-50-47-44-41-21-18-15-12-9-6-3)60-79-70-68(67(77)66(76)64(59-72)80-70)81-65(75)58-55-52-49-46-43-40-38-35-27-25-23-20-17-14-11-8-5-2/h8,11,14,16-17,19-20,23-27,29-30,32-33,35,38,40,43,53,56,61-64,66-68,70,72-74,76-77H,4-7,9-10,12-13,15,18,21-22,28,31,34,36-37,39,41-42,44-52,54-55,57-60H2,1-3H3,(H,71,78)/b11-8-,17-14+,19-16-,23-20+,26-24-,27-25-,30-29-,33-32-,38-35+,43-40+,56-53+. The van der Waals surface area contributed by atoms with Crippen LogP contribution in [0, 0.1) is 0 Å². The van der Waals surface area contributed by atoms with Crippen LogP contribution in [0.3, 0.4) is 0 Å². The number of ether oxygens (including phenoxy) is 3. The minimum Gasteiger partial charge on any atom is -0.454 e. The van der Waals surface area contributed by atoms with Crippen molar-refractivity contribution in [3.8, 4) is 0 Å². The molecule has 0 bridgehead atoms. The number of carbonyl (C=O) groups excluding carboxylic acids is 2. The van der Waals surface area contributed by atoms with Crippen LogP contribution in [0.2, 0.25) is 0 Å². The second kappa shape index (κ2) is 56.3. The lowest BCUT2D eigenvalue weighted by atomic mass is 9.99. The van der Waals surface area contributed by atoms with E-state index in [9.17, 15) is 35.1 Å². The molecule has 8 unspecified atom stereocenters. The summed E-state index contributed by atoms with van der Waals surface area (Å²) in [4.78, 5) is 26.6. The van der Waals surface area contributed by atoms with Crippen LogP contribution < -0.4 is 5.32 Å². The summed E-state index contributed by atoms with van der Waals surface area (Å²) >= 11 is 0. The number of esters is 1. The highest BCUT2D eigenvalue weighted by molar-refractivity contribution is 5.80. The fraction of sp³-hybridized carbons (Fsp3) is 0.657. The maximum absolute atomic E-state index is 13.4. The van der Waals surface area contributed by atoms with Crippen molar-refractivity contribution in [2.24, 2.45) is 0 Å². The van der Waals surface area contributed by atoms with Crippen molar-refractivity contribution in [3.05, 3.63) is 134 Å². The molecule has 1 rings (SSSR count). The van der Waals surface area contributed by atoms with Crippen LogP contribution in [0.25, 0.3) is 0 Å². The average Bonchev–Trinajstić information content (AvgIpc) is 3.52. The van der Waals surface area contributed by atoms with Crippen LogP contribution in [0.15, 0.2) is 134 Å². The second-order valence-electron chi connectivity index (χ2n) is 21.6. The van der Waals surface area contributed by atoms with Crippen molar-refractivity contribution < 1.29 is 49.3 Å². The minimum atomic E-state index is -1.64. The first-order chi connectivity index (χ1) is 39.7. The maximum Gasteiger partial charge on any atom is 0.306 e. The molecule has 1 saturated heterocycles. The van der Waals surface area contributed by atoms with Crippen molar-refractivity contribution in [2.75, 3.05) is 13.2 Å². The lowest BCUT2D eigenvalue weighted by Crippen LogP contribution is -2.61. The van der Waals surface area contributed by atoms with Gasteiger partial charge in [-0.2, -0.15) is 0 Å². The van der Waals surface area contributed by atoms with E-state index in [1.165, 1.54) is 83.5 Å². The van der Waals surface area contributed by atoms with Crippen molar-refractivity contribution >= 4 is 11.9 Å². The zero-order chi connectivity index (χ0) is 58.9. The summed E-state index contributed by atoms with van der Waals surface area (Å²) in [6.45, 7) is 5.57. The molecule has 0 aliphatic carbocycles. The van der Waals surface area contributed by atoms with Crippen molar-refractivity contribution in [2.45, 2.75) is 282 Å². The summed E-state index contributed by atoms with van der Waals surface area (Å²) in [7, 11) is 0. The minimum absolute atomic E-state index is 0.0638. The highest BCUT2D eigenvalue weighted by atomic mass is 16.7. The topological polar surface area (TPSA) is 175 Å². The molecule has 1 heterocycles. The summed E-state index contributed by atoms with van der Waals surface area (Å²) in [6, 6.07) is -1.05. The van der Waals surface area contributed by atoms with Gasteiger partial charge in [0, 0.05) is 6.42 Å². The van der Waals surface area contributed by atoms with Crippen LogP contribution in [-0.2, 0) is 23.8 Å². The van der Waals surface area contributed by atoms with Gasteiger partial charge in [-0.25, -0.2) is 0 Å². The SMILES string of the molecule is CC\C=C/C=C/C=C/C=C\C=C\C=C\CCCCCC(=O)OC1C(OCC(NC(=O)C(O)CCCCCCCCCC/C=C\C/C=C\C/C=C\C/C=C\CCCCC)C(O)/C=C/CCCCCCCCCCC)OC(CO)C(O)C1O. The van der Waals surface area contributed by atoms with E-state index >= 15 is 0 Å². The molecule has 0 spiro atoms. The Hall–Kier alpha value is -4.20. The zero-order valence-corrected chi connectivity index (χ0v) is 50.8.